The third-order valence-electron chi connectivity index (χ3n) is 5.30. The molecule has 2 aliphatic rings. The van der Waals surface area contributed by atoms with Gasteiger partial charge in [-0.05, 0) is 35.7 Å². The summed E-state index contributed by atoms with van der Waals surface area (Å²) in [7, 11) is 0. The second kappa shape index (κ2) is 10.6. The monoisotopic (exact) mass is 484 g/mol. The Kier molecular flexibility index (Phi) is 7.61. The van der Waals surface area contributed by atoms with Crippen LogP contribution in [0.25, 0.3) is 0 Å². The molecule has 2 aliphatic heterocycles. The van der Waals surface area contributed by atoms with E-state index >= 15 is 0 Å². The van der Waals surface area contributed by atoms with Gasteiger partial charge in [0.2, 0.25) is 29.4 Å². The topological polar surface area (TPSA) is 223 Å². The first-order chi connectivity index (χ1) is 16.5. The number of hydrogen-bond acceptors (Lipinski definition) is 8. The van der Waals surface area contributed by atoms with Gasteiger partial charge < -0.3 is 32.6 Å². The summed E-state index contributed by atoms with van der Waals surface area (Å²) in [5, 5.41) is 16.3. The fourth-order valence-corrected chi connectivity index (χ4v) is 3.51. The molecule has 0 radical (unpaired) electrons. The number of nitro benzene ring substituents is 1. The summed E-state index contributed by atoms with van der Waals surface area (Å²) in [6, 6.07) is 6.59. The van der Waals surface area contributed by atoms with Gasteiger partial charge in [0, 0.05) is 12.5 Å². The third-order valence-corrected chi connectivity index (χ3v) is 5.30. The SMILES string of the molecule is NC(=O)C[C@@H]1NC(=O)[C@H](N)Cc2ccc([N+](=O)[O-])c(c2)Oc2ccc(cc2)C[C@@H](C(N)=O)NC1=O. The first kappa shape index (κ1) is 25.1. The molecule has 4 amide bonds. The maximum atomic E-state index is 12.8. The van der Waals surface area contributed by atoms with E-state index in [1.807, 2.05) is 0 Å². The molecule has 13 heteroatoms. The standard InChI is InChI=1S/C22H24N6O7/c23-14-7-12-3-6-17(28(33)34)18(9-12)35-13-4-1-11(2-5-13)8-15(20(25)30)26-22(32)16(10-19(24)29)27-21(14)31/h1-6,9,14-16H,7-8,10,23H2,(H2,24,29)(H2,25,30)(H,26,32)(H,27,31)/t14-,15+,16+/m1/s1. The fourth-order valence-electron chi connectivity index (χ4n) is 3.51. The Morgan fingerprint density at radius 2 is 1.66 bits per heavy atom. The first-order valence-electron chi connectivity index (χ1n) is 10.5. The molecule has 4 bridgehead atoms. The van der Waals surface area contributed by atoms with E-state index in [1.165, 1.54) is 30.3 Å². The Morgan fingerprint density at radius 3 is 2.26 bits per heavy atom. The van der Waals surface area contributed by atoms with Crippen molar-refractivity contribution >= 4 is 29.3 Å². The zero-order valence-corrected chi connectivity index (χ0v) is 18.4. The summed E-state index contributed by atoms with van der Waals surface area (Å²) in [6.45, 7) is 0. The Morgan fingerprint density at radius 1 is 1.00 bits per heavy atom. The smallest absolute Gasteiger partial charge is 0.311 e. The lowest BCUT2D eigenvalue weighted by atomic mass is 10.0. The van der Waals surface area contributed by atoms with Crippen LogP contribution in [0.4, 0.5) is 5.69 Å². The summed E-state index contributed by atoms with van der Waals surface area (Å²) in [6.07, 6.45) is -0.609. The van der Waals surface area contributed by atoms with Gasteiger partial charge in [-0.3, -0.25) is 29.3 Å². The van der Waals surface area contributed by atoms with E-state index in [4.69, 9.17) is 21.9 Å². The van der Waals surface area contributed by atoms with Crippen LogP contribution in [0.3, 0.4) is 0 Å². The molecule has 2 aromatic rings. The maximum absolute atomic E-state index is 12.8. The van der Waals surface area contributed by atoms with Crippen molar-refractivity contribution in [2.24, 2.45) is 17.2 Å². The number of benzene rings is 2. The predicted octanol–water partition coefficient (Wildman–Crippen LogP) is -0.857. The van der Waals surface area contributed by atoms with Gasteiger partial charge in [-0.2, -0.15) is 0 Å². The highest BCUT2D eigenvalue weighted by Crippen LogP contribution is 2.33. The van der Waals surface area contributed by atoms with Crippen molar-refractivity contribution in [2.45, 2.75) is 37.4 Å². The van der Waals surface area contributed by atoms with Crippen LogP contribution < -0.4 is 32.6 Å². The molecule has 2 heterocycles. The van der Waals surface area contributed by atoms with Crippen LogP contribution in [-0.2, 0) is 32.0 Å². The highest BCUT2D eigenvalue weighted by molar-refractivity contribution is 5.95. The average Bonchev–Trinajstić information content (AvgIpc) is 2.78. The molecular formula is C22H24N6O7. The molecule has 3 atom stereocenters. The van der Waals surface area contributed by atoms with Gasteiger partial charge in [0.05, 0.1) is 17.4 Å². The molecule has 0 fully saturated rings. The third kappa shape index (κ3) is 6.51. The molecule has 0 aliphatic carbocycles. The molecule has 0 spiro atoms. The van der Waals surface area contributed by atoms with Gasteiger partial charge in [0.1, 0.15) is 17.8 Å². The van der Waals surface area contributed by atoms with Crippen LogP contribution in [0.15, 0.2) is 42.5 Å². The molecule has 184 valence electrons. The molecule has 35 heavy (non-hydrogen) atoms. The Labute approximate surface area is 199 Å². The van der Waals surface area contributed by atoms with Crippen LogP contribution in [0.2, 0.25) is 0 Å². The number of amides is 4. The molecule has 13 nitrogen and oxygen atoms in total. The van der Waals surface area contributed by atoms with Crippen molar-refractivity contribution in [3.05, 3.63) is 63.7 Å². The number of rotatable bonds is 4. The number of nitrogens with two attached hydrogens (primary N) is 3. The van der Waals surface area contributed by atoms with Gasteiger partial charge in [0.25, 0.3) is 0 Å². The normalized spacial score (nSPS) is 20.7. The summed E-state index contributed by atoms with van der Waals surface area (Å²) >= 11 is 0. The fraction of sp³-hybridized carbons (Fsp3) is 0.273. The van der Waals surface area contributed by atoms with Crippen molar-refractivity contribution in [3.8, 4) is 11.5 Å². The molecule has 0 aromatic heterocycles. The summed E-state index contributed by atoms with van der Waals surface area (Å²) < 4.78 is 5.71. The zero-order chi connectivity index (χ0) is 25.7. The summed E-state index contributed by atoms with van der Waals surface area (Å²) in [4.78, 5) is 59.8. The maximum Gasteiger partial charge on any atom is 0.311 e. The molecule has 0 saturated carbocycles. The molecule has 8 N–H and O–H groups in total. The molecule has 4 rings (SSSR count). The lowest BCUT2D eigenvalue weighted by Gasteiger charge is -2.22. The number of fused-ring (bicyclic) bond motifs is 10. The van der Waals surface area contributed by atoms with Crippen molar-refractivity contribution in [1.29, 1.82) is 0 Å². The number of carbonyl (C=O) groups is 4. The molecule has 2 aromatic carbocycles. The van der Waals surface area contributed by atoms with Crippen LogP contribution >= 0.6 is 0 Å². The van der Waals surface area contributed by atoms with E-state index < -0.39 is 53.1 Å². The lowest BCUT2D eigenvalue weighted by molar-refractivity contribution is -0.385. The van der Waals surface area contributed by atoms with Gasteiger partial charge in [-0.25, -0.2) is 0 Å². The summed E-state index contributed by atoms with van der Waals surface area (Å²) in [5.74, 6) is -3.11. The Hall–Kier alpha value is -4.52. The van der Waals surface area contributed by atoms with Gasteiger partial charge >= 0.3 is 5.69 Å². The van der Waals surface area contributed by atoms with E-state index in [-0.39, 0.29) is 30.0 Å². The van der Waals surface area contributed by atoms with E-state index in [9.17, 15) is 29.3 Å². The minimum atomic E-state index is -1.40. The molecule has 0 unspecified atom stereocenters. The predicted molar refractivity (Wildman–Crippen MR) is 122 cm³/mol. The number of nitro groups is 1. The van der Waals surface area contributed by atoms with Crippen LogP contribution in [0, 0.1) is 10.1 Å². The number of carbonyl (C=O) groups excluding carboxylic acids is 4. The Bertz CT molecular complexity index is 1170. The van der Waals surface area contributed by atoms with Crippen LogP contribution in [-0.4, -0.2) is 46.7 Å². The number of hydrogen-bond donors (Lipinski definition) is 5. The second-order valence-electron chi connectivity index (χ2n) is 8.02. The van der Waals surface area contributed by atoms with Gasteiger partial charge in [-0.15, -0.1) is 0 Å². The largest absolute Gasteiger partial charge is 0.450 e. The van der Waals surface area contributed by atoms with Gasteiger partial charge in [0.15, 0.2) is 0 Å². The number of primary amides is 2. The zero-order valence-electron chi connectivity index (χ0n) is 18.4. The van der Waals surface area contributed by atoms with Gasteiger partial charge in [-0.1, -0.05) is 18.2 Å². The highest BCUT2D eigenvalue weighted by Gasteiger charge is 2.29. The van der Waals surface area contributed by atoms with Crippen molar-refractivity contribution < 1.29 is 28.8 Å². The minimum absolute atomic E-state index is 0.00621. The van der Waals surface area contributed by atoms with E-state index in [0.717, 1.165) is 0 Å². The molecular weight excluding hydrogens is 460 g/mol. The van der Waals surface area contributed by atoms with E-state index in [2.05, 4.69) is 10.6 Å². The first-order valence-corrected chi connectivity index (χ1v) is 10.5. The highest BCUT2D eigenvalue weighted by atomic mass is 16.6. The molecule has 0 saturated heterocycles. The van der Waals surface area contributed by atoms with E-state index in [0.29, 0.717) is 11.1 Å². The number of nitrogens with zero attached hydrogens (tertiary/aromatic N) is 1. The average molecular weight is 484 g/mol. The second-order valence-corrected chi connectivity index (χ2v) is 8.02. The summed E-state index contributed by atoms with van der Waals surface area (Å²) in [5.41, 5.74) is 17.4. The van der Waals surface area contributed by atoms with E-state index in [1.54, 1.807) is 12.1 Å². The quantitative estimate of drug-likeness (QED) is 0.271. The lowest BCUT2D eigenvalue weighted by Crippen LogP contribution is -2.56. The Balaban J connectivity index is 2.03. The number of nitrogens with one attached hydrogen (secondary N) is 2. The van der Waals surface area contributed by atoms with Crippen molar-refractivity contribution in [2.75, 3.05) is 0 Å². The van der Waals surface area contributed by atoms with Crippen molar-refractivity contribution in [3.63, 3.8) is 0 Å². The van der Waals surface area contributed by atoms with Crippen molar-refractivity contribution in [1.82, 2.24) is 10.6 Å². The van der Waals surface area contributed by atoms with Crippen LogP contribution in [0.5, 0.6) is 11.5 Å². The van der Waals surface area contributed by atoms with Crippen LogP contribution in [0.1, 0.15) is 17.5 Å². The minimum Gasteiger partial charge on any atom is -0.450 e. The number of ether oxygens (including phenoxy) is 1.